The van der Waals surface area contributed by atoms with Crippen LogP contribution in [0.4, 0.5) is 0 Å². The van der Waals surface area contributed by atoms with E-state index in [2.05, 4.69) is 10.00 Å². The van der Waals surface area contributed by atoms with Gasteiger partial charge in [0.15, 0.2) is 0 Å². The molecule has 6 heteroatoms. The van der Waals surface area contributed by atoms with Crippen LogP contribution in [0.2, 0.25) is 0 Å². The first-order valence-electron chi connectivity index (χ1n) is 9.81. The molecule has 0 radical (unpaired) electrons. The summed E-state index contributed by atoms with van der Waals surface area (Å²) in [6.45, 7) is 3.60. The van der Waals surface area contributed by atoms with E-state index < -0.39 is 0 Å². The van der Waals surface area contributed by atoms with Crippen molar-refractivity contribution in [3.05, 3.63) is 82.8 Å². The van der Waals surface area contributed by atoms with Gasteiger partial charge in [-0.2, -0.15) is 5.10 Å². The number of hydrogen-bond donors (Lipinski definition) is 1. The van der Waals surface area contributed by atoms with Gasteiger partial charge in [-0.15, -0.1) is 12.4 Å². The van der Waals surface area contributed by atoms with E-state index in [1.165, 1.54) is 5.56 Å². The summed E-state index contributed by atoms with van der Waals surface area (Å²) in [7, 11) is 0. The van der Waals surface area contributed by atoms with Gasteiger partial charge in [0.2, 0.25) is 0 Å². The average molecular weight is 412 g/mol. The van der Waals surface area contributed by atoms with Crippen LogP contribution in [0.5, 0.6) is 5.75 Å². The number of benzene rings is 2. The molecule has 0 aliphatic carbocycles. The summed E-state index contributed by atoms with van der Waals surface area (Å²) < 4.78 is 1.63. The molecular formula is C23H26ClN3O2. The van der Waals surface area contributed by atoms with Crippen LogP contribution in [-0.4, -0.2) is 32.9 Å². The molecular weight excluding hydrogens is 386 g/mol. The van der Waals surface area contributed by atoms with Crippen molar-refractivity contribution in [3.8, 4) is 16.9 Å². The van der Waals surface area contributed by atoms with E-state index in [0.29, 0.717) is 23.8 Å². The molecule has 4 rings (SSSR count). The fourth-order valence-electron chi connectivity index (χ4n) is 3.85. The predicted molar refractivity (Wildman–Crippen MR) is 117 cm³/mol. The summed E-state index contributed by atoms with van der Waals surface area (Å²) in [6.07, 6.45) is 3.84. The van der Waals surface area contributed by atoms with Gasteiger partial charge < -0.3 is 5.11 Å². The molecule has 0 amide bonds. The van der Waals surface area contributed by atoms with E-state index >= 15 is 0 Å². The standard InChI is InChI=1S/C23H25N3O2.ClH/c27-21-8-6-18(7-9-21)16-25-14-11-19(12-15-25)17-26-23(28)22(10-13-24-26)20-4-2-1-3-5-20;/h1-10,13,19,27H,11-12,14-17H2;1H. The Morgan fingerprint density at radius 1 is 0.966 bits per heavy atom. The van der Waals surface area contributed by atoms with Gasteiger partial charge in [0.25, 0.3) is 5.56 Å². The summed E-state index contributed by atoms with van der Waals surface area (Å²) in [5, 5.41) is 13.7. The van der Waals surface area contributed by atoms with E-state index in [1.807, 2.05) is 42.5 Å². The number of nitrogens with zero attached hydrogens (tertiary/aromatic N) is 3. The maximum atomic E-state index is 12.8. The van der Waals surface area contributed by atoms with Gasteiger partial charge >= 0.3 is 0 Å². The maximum Gasteiger partial charge on any atom is 0.274 e. The highest BCUT2D eigenvalue weighted by molar-refractivity contribution is 5.85. The zero-order valence-electron chi connectivity index (χ0n) is 16.3. The molecule has 29 heavy (non-hydrogen) atoms. The van der Waals surface area contributed by atoms with Crippen molar-refractivity contribution >= 4 is 12.4 Å². The van der Waals surface area contributed by atoms with Crippen molar-refractivity contribution in [2.75, 3.05) is 13.1 Å². The Morgan fingerprint density at radius 2 is 1.66 bits per heavy atom. The third-order valence-corrected chi connectivity index (χ3v) is 5.48. The lowest BCUT2D eigenvalue weighted by molar-refractivity contribution is 0.163. The molecule has 0 bridgehead atoms. The topological polar surface area (TPSA) is 58.4 Å². The Bertz CT molecular complexity index is 965. The molecule has 1 N–H and O–H groups in total. The van der Waals surface area contributed by atoms with Gasteiger partial charge in [-0.1, -0.05) is 42.5 Å². The molecule has 2 aromatic carbocycles. The lowest BCUT2D eigenvalue weighted by atomic mass is 9.96. The van der Waals surface area contributed by atoms with Crippen molar-refractivity contribution in [1.29, 1.82) is 0 Å². The summed E-state index contributed by atoms with van der Waals surface area (Å²) in [5.74, 6) is 0.769. The Balaban J connectivity index is 0.00000240. The van der Waals surface area contributed by atoms with Crippen LogP contribution in [0.1, 0.15) is 18.4 Å². The number of phenols is 1. The predicted octanol–water partition coefficient (Wildman–Crippen LogP) is 3.95. The lowest BCUT2D eigenvalue weighted by Crippen LogP contribution is -2.36. The largest absolute Gasteiger partial charge is 0.508 e. The lowest BCUT2D eigenvalue weighted by Gasteiger charge is -2.32. The second-order valence-electron chi connectivity index (χ2n) is 7.48. The third kappa shape index (κ3) is 5.25. The molecule has 1 aromatic heterocycles. The van der Waals surface area contributed by atoms with Crippen molar-refractivity contribution in [2.45, 2.75) is 25.9 Å². The van der Waals surface area contributed by atoms with E-state index in [-0.39, 0.29) is 18.0 Å². The highest BCUT2D eigenvalue weighted by Crippen LogP contribution is 2.21. The van der Waals surface area contributed by atoms with Crippen molar-refractivity contribution in [1.82, 2.24) is 14.7 Å². The summed E-state index contributed by atoms with van der Waals surface area (Å²) in [4.78, 5) is 15.3. The smallest absolute Gasteiger partial charge is 0.274 e. The zero-order valence-corrected chi connectivity index (χ0v) is 17.1. The third-order valence-electron chi connectivity index (χ3n) is 5.48. The van der Waals surface area contributed by atoms with Gasteiger partial charge in [0, 0.05) is 19.3 Å². The first-order chi connectivity index (χ1) is 13.7. The molecule has 2 heterocycles. The number of rotatable bonds is 5. The Kier molecular flexibility index (Phi) is 7.07. The van der Waals surface area contributed by atoms with E-state index in [9.17, 15) is 9.90 Å². The summed E-state index contributed by atoms with van der Waals surface area (Å²) in [5.41, 5.74) is 2.85. The minimum Gasteiger partial charge on any atom is -0.508 e. The summed E-state index contributed by atoms with van der Waals surface area (Å²) in [6, 6.07) is 19.0. The number of halogens is 1. The minimum absolute atomic E-state index is 0. The van der Waals surface area contributed by atoms with Crippen LogP contribution in [-0.2, 0) is 13.1 Å². The molecule has 0 unspecified atom stereocenters. The molecule has 152 valence electrons. The molecule has 0 saturated carbocycles. The van der Waals surface area contributed by atoms with Gasteiger partial charge in [-0.05, 0) is 61.2 Å². The molecule has 0 atom stereocenters. The van der Waals surface area contributed by atoms with Crippen molar-refractivity contribution < 1.29 is 5.11 Å². The SMILES string of the molecule is Cl.O=c1c(-c2ccccc2)ccnn1CC1CCN(Cc2ccc(O)cc2)CC1. The second-order valence-corrected chi connectivity index (χ2v) is 7.48. The van der Waals surface area contributed by atoms with E-state index in [4.69, 9.17) is 0 Å². The highest BCUT2D eigenvalue weighted by atomic mass is 35.5. The number of phenolic OH excluding ortho intramolecular Hbond substituents is 1. The average Bonchev–Trinajstić information content (AvgIpc) is 2.73. The Morgan fingerprint density at radius 3 is 2.34 bits per heavy atom. The monoisotopic (exact) mass is 411 g/mol. The first-order valence-corrected chi connectivity index (χ1v) is 9.81. The first kappa shape index (κ1) is 21.1. The molecule has 5 nitrogen and oxygen atoms in total. The van der Waals surface area contributed by atoms with Gasteiger partial charge in [-0.25, -0.2) is 4.68 Å². The van der Waals surface area contributed by atoms with Crippen LogP contribution in [0.25, 0.3) is 11.1 Å². The molecule has 1 aliphatic heterocycles. The zero-order chi connectivity index (χ0) is 19.3. The highest BCUT2D eigenvalue weighted by Gasteiger charge is 2.21. The fraction of sp³-hybridized carbons (Fsp3) is 0.304. The molecule has 1 saturated heterocycles. The molecule has 3 aromatic rings. The molecule has 0 spiro atoms. The number of likely N-dealkylation sites (tertiary alicyclic amines) is 1. The number of hydrogen-bond acceptors (Lipinski definition) is 4. The second kappa shape index (κ2) is 9.72. The number of aromatic nitrogens is 2. The quantitative estimate of drug-likeness (QED) is 0.690. The van der Waals surface area contributed by atoms with Crippen molar-refractivity contribution in [3.63, 3.8) is 0 Å². The number of aromatic hydroxyl groups is 1. The van der Waals surface area contributed by atoms with Crippen LogP contribution >= 0.6 is 12.4 Å². The Hall–Kier alpha value is -2.63. The van der Waals surface area contributed by atoms with Crippen LogP contribution in [0.15, 0.2) is 71.7 Å². The Labute approximate surface area is 177 Å². The van der Waals surface area contributed by atoms with Gasteiger partial charge in [0.1, 0.15) is 5.75 Å². The maximum absolute atomic E-state index is 12.8. The van der Waals surface area contributed by atoms with Crippen LogP contribution in [0, 0.1) is 5.92 Å². The fourth-order valence-corrected chi connectivity index (χ4v) is 3.85. The molecule has 1 aliphatic rings. The summed E-state index contributed by atoms with van der Waals surface area (Å²) >= 11 is 0. The molecule has 1 fully saturated rings. The number of piperidine rings is 1. The van der Waals surface area contributed by atoms with E-state index in [0.717, 1.165) is 38.0 Å². The van der Waals surface area contributed by atoms with Crippen LogP contribution in [0.3, 0.4) is 0 Å². The van der Waals surface area contributed by atoms with Crippen molar-refractivity contribution in [2.24, 2.45) is 5.92 Å². The van der Waals surface area contributed by atoms with Gasteiger partial charge in [-0.3, -0.25) is 9.69 Å². The van der Waals surface area contributed by atoms with E-state index in [1.54, 1.807) is 29.1 Å². The van der Waals surface area contributed by atoms with Crippen LogP contribution < -0.4 is 5.56 Å². The normalized spacial score (nSPS) is 15.0. The minimum atomic E-state index is -0.0137. The van der Waals surface area contributed by atoms with Gasteiger partial charge in [0.05, 0.1) is 5.56 Å².